The molecule has 0 spiro atoms. The molecule has 0 aliphatic rings. The van der Waals surface area contributed by atoms with Crippen molar-refractivity contribution in [2.75, 3.05) is 7.11 Å². The monoisotopic (exact) mass is 774 g/mol. The molecule has 0 fully saturated rings. The van der Waals surface area contributed by atoms with Crippen LogP contribution in [0.1, 0.15) is 45.7 Å². The van der Waals surface area contributed by atoms with Crippen LogP contribution in [0.25, 0.3) is 28.3 Å². The maximum absolute atomic E-state index is 11.9. The SMILES string of the molecule is COC(=O)C/C=C(/c1ccc(Cl)cc1C)c1c(-c2ccccn2)nn(C)c1Cl.Cc1cc(Cl)ccc1C(C=O)c1c(-c2ccccn2)nn(C)c1Cl. The van der Waals surface area contributed by atoms with Crippen LogP contribution in [0.4, 0.5) is 0 Å². The lowest BCUT2D eigenvalue weighted by atomic mass is 9.89. The van der Waals surface area contributed by atoms with Crippen LogP contribution in [0.5, 0.6) is 0 Å². The van der Waals surface area contributed by atoms with Crippen LogP contribution in [0, 0.1) is 13.8 Å². The predicted molar refractivity (Wildman–Crippen MR) is 207 cm³/mol. The van der Waals surface area contributed by atoms with E-state index in [2.05, 4.69) is 20.2 Å². The van der Waals surface area contributed by atoms with Gasteiger partial charge in [0.1, 0.15) is 28.0 Å². The molecule has 0 bridgehead atoms. The predicted octanol–water partition coefficient (Wildman–Crippen LogP) is 9.52. The van der Waals surface area contributed by atoms with Crippen LogP contribution in [0.2, 0.25) is 20.4 Å². The number of methoxy groups -OCH3 is 1. The van der Waals surface area contributed by atoms with Gasteiger partial charge in [-0.25, -0.2) is 0 Å². The Morgan fingerprint density at radius 1 is 0.788 bits per heavy atom. The molecule has 1 atom stereocenters. The summed E-state index contributed by atoms with van der Waals surface area (Å²) in [5.74, 6) is -0.885. The lowest BCUT2D eigenvalue weighted by Crippen LogP contribution is -2.06. The molecule has 6 rings (SSSR count). The van der Waals surface area contributed by atoms with E-state index in [0.29, 0.717) is 54.3 Å². The molecule has 0 radical (unpaired) electrons. The van der Waals surface area contributed by atoms with Crippen molar-refractivity contribution >= 4 is 64.2 Å². The van der Waals surface area contributed by atoms with Gasteiger partial charge in [0.05, 0.1) is 30.8 Å². The van der Waals surface area contributed by atoms with Crippen molar-refractivity contribution in [3.8, 4) is 22.8 Å². The number of rotatable bonds is 9. The topological polar surface area (TPSA) is 105 Å². The fourth-order valence-electron chi connectivity index (χ4n) is 5.74. The highest BCUT2D eigenvalue weighted by atomic mass is 35.5. The molecule has 266 valence electrons. The first-order valence-electron chi connectivity index (χ1n) is 16.0. The summed E-state index contributed by atoms with van der Waals surface area (Å²) >= 11 is 25.3. The normalized spacial score (nSPS) is 11.8. The van der Waals surface area contributed by atoms with E-state index in [1.807, 2.05) is 74.5 Å². The Morgan fingerprint density at radius 2 is 1.37 bits per heavy atom. The molecule has 0 aliphatic heterocycles. The summed E-state index contributed by atoms with van der Waals surface area (Å²) in [6, 6.07) is 22.2. The first-order valence-corrected chi connectivity index (χ1v) is 17.5. The summed E-state index contributed by atoms with van der Waals surface area (Å²) in [6.07, 6.45) is 6.17. The van der Waals surface area contributed by atoms with Crippen LogP contribution in [0.3, 0.4) is 0 Å². The lowest BCUT2D eigenvalue weighted by Gasteiger charge is -2.15. The van der Waals surface area contributed by atoms with Gasteiger partial charge < -0.3 is 9.53 Å². The average molecular weight is 777 g/mol. The number of halogens is 4. The van der Waals surface area contributed by atoms with Gasteiger partial charge in [0.2, 0.25) is 0 Å². The third-order valence-corrected chi connectivity index (χ3v) is 9.62. The van der Waals surface area contributed by atoms with E-state index in [0.717, 1.165) is 34.1 Å². The van der Waals surface area contributed by atoms with Gasteiger partial charge in [-0.2, -0.15) is 10.2 Å². The number of carbonyl (C=O) groups excluding carboxylic acids is 2. The molecule has 4 heterocycles. The molecule has 0 saturated heterocycles. The van der Waals surface area contributed by atoms with Crippen LogP contribution in [0.15, 0.2) is 91.3 Å². The van der Waals surface area contributed by atoms with E-state index in [9.17, 15) is 9.59 Å². The van der Waals surface area contributed by atoms with Crippen molar-refractivity contribution in [3.63, 3.8) is 0 Å². The molecule has 2 aromatic carbocycles. The van der Waals surface area contributed by atoms with Crippen LogP contribution in [-0.4, -0.2) is 48.9 Å². The number of aldehydes is 1. The van der Waals surface area contributed by atoms with E-state index in [4.69, 9.17) is 51.1 Å². The first kappa shape index (κ1) is 38.4. The summed E-state index contributed by atoms with van der Waals surface area (Å²) in [5.41, 5.74) is 8.37. The van der Waals surface area contributed by atoms with Gasteiger partial charge >= 0.3 is 5.97 Å². The average Bonchev–Trinajstić information content (AvgIpc) is 3.61. The molecular weight excluding hydrogens is 742 g/mol. The van der Waals surface area contributed by atoms with Gasteiger partial charge in [-0.05, 0) is 90.2 Å². The van der Waals surface area contributed by atoms with Crippen molar-refractivity contribution in [3.05, 3.63) is 145 Å². The minimum Gasteiger partial charge on any atom is -0.469 e. The van der Waals surface area contributed by atoms with E-state index < -0.39 is 5.92 Å². The molecule has 13 heteroatoms. The van der Waals surface area contributed by atoms with E-state index in [1.165, 1.54) is 7.11 Å². The molecule has 0 amide bonds. The number of hydrogen-bond acceptors (Lipinski definition) is 7. The second kappa shape index (κ2) is 17.1. The number of nitrogens with zero attached hydrogens (tertiary/aromatic N) is 6. The van der Waals surface area contributed by atoms with Gasteiger partial charge in [0, 0.05) is 47.7 Å². The van der Waals surface area contributed by atoms with Gasteiger partial charge in [-0.3, -0.25) is 24.1 Å². The number of aromatic nitrogens is 6. The molecule has 0 aliphatic carbocycles. The number of benzene rings is 2. The number of carbonyl (C=O) groups is 2. The Bertz CT molecular complexity index is 2250. The minimum absolute atomic E-state index is 0.0980. The summed E-state index contributed by atoms with van der Waals surface area (Å²) in [7, 11) is 4.87. The zero-order valence-electron chi connectivity index (χ0n) is 28.9. The second-order valence-corrected chi connectivity index (χ2v) is 13.3. The van der Waals surface area contributed by atoms with Gasteiger partial charge in [0.25, 0.3) is 0 Å². The number of aryl methyl sites for hydroxylation is 4. The van der Waals surface area contributed by atoms with Gasteiger partial charge in [-0.1, -0.05) is 76.7 Å². The molecule has 1 unspecified atom stereocenters. The zero-order valence-corrected chi connectivity index (χ0v) is 32.0. The maximum Gasteiger partial charge on any atom is 0.309 e. The highest BCUT2D eigenvalue weighted by Crippen LogP contribution is 2.39. The highest BCUT2D eigenvalue weighted by Gasteiger charge is 2.27. The van der Waals surface area contributed by atoms with Crippen molar-refractivity contribution < 1.29 is 14.3 Å². The zero-order chi connectivity index (χ0) is 37.5. The third kappa shape index (κ3) is 8.45. The standard InChI is InChI=1S/C21H19Cl2N3O2.C18H15Cl2N3O/c1-13-12-14(22)7-8-15(13)16(9-10-18(27)28-3)19-20(25-26(2)21(19)23)17-6-4-5-11-24-17;1-11-9-12(19)6-7-13(11)14(10-24)16-17(22-23(2)18(16)20)15-5-3-4-8-21-15/h4-9,11-12H,10H2,1-3H3;3-10,14H,1-2H3/b16-9-;. The van der Waals surface area contributed by atoms with Crippen LogP contribution in [-0.2, 0) is 28.4 Å². The van der Waals surface area contributed by atoms with E-state index in [1.54, 1.807) is 54.1 Å². The molecule has 0 N–H and O–H groups in total. The quantitative estimate of drug-likeness (QED) is 0.106. The van der Waals surface area contributed by atoms with Crippen molar-refractivity contribution in [2.24, 2.45) is 14.1 Å². The fourth-order valence-corrected chi connectivity index (χ4v) is 6.67. The molecular formula is C39H34Cl4N6O3. The Hall–Kier alpha value is -4.80. The highest BCUT2D eigenvalue weighted by molar-refractivity contribution is 6.33. The van der Waals surface area contributed by atoms with E-state index in [-0.39, 0.29) is 12.4 Å². The fraction of sp³-hybridized carbons (Fsp3) is 0.179. The molecule has 9 nitrogen and oxygen atoms in total. The van der Waals surface area contributed by atoms with Crippen molar-refractivity contribution in [2.45, 2.75) is 26.2 Å². The number of esters is 1. The van der Waals surface area contributed by atoms with Crippen LogP contribution >= 0.6 is 46.4 Å². The molecule has 6 aromatic rings. The Morgan fingerprint density at radius 3 is 1.92 bits per heavy atom. The van der Waals surface area contributed by atoms with Crippen molar-refractivity contribution in [1.82, 2.24) is 29.5 Å². The number of ether oxygens (including phenoxy) is 1. The summed E-state index contributed by atoms with van der Waals surface area (Å²) in [6.45, 7) is 3.88. The molecule has 52 heavy (non-hydrogen) atoms. The maximum atomic E-state index is 11.9. The summed E-state index contributed by atoms with van der Waals surface area (Å²) in [4.78, 5) is 32.5. The van der Waals surface area contributed by atoms with Crippen LogP contribution < -0.4 is 0 Å². The third-order valence-electron chi connectivity index (χ3n) is 8.27. The Balaban J connectivity index is 0.000000203. The smallest absolute Gasteiger partial charge is 0.309 e. The number of pyridine rings is 2. The summed E-state index contributed by atoms with van der Waals surface area (Å²) < 4.78 is 7.95. The Labute approximate surface area is 321 Å². The Kier molecular flexibility index (Phi) is 12.7. The minimum atomic E-state index is -0.541. The van der Waals surface area contributed by atoms with Crippen molar-refractivity contribution in [1.29, 1.82) is 0 Å². The van der Waals surface area contributed by atoms with Gasteiger partial charge in [-0.15, -0.1) is 0 Å². The van der Waals surface area contributed by atoms with Gasteiger partial charge in [0.15, 0.2) is 0 Å². The molecule has 4 aromatic heterocycles. The summed E-state index contributed by atoms with van der Waals surface area (Å²) in [5, 5.41) is 11.2. The van der Waals surface area contributed by atoms with E-state index >= 15 is 0 Å². The first-order chi connectivity index (χ1) is 24.9. The lowest BCUT2D eigenvalue weighted by molar-refractivity contribution is -0.139. The second-order valence-electron chi connectivity index (χ2n) is 11.7. The molecule has 0 saturated carbocycles. The largest absolute Gasteiger partial charge is 0.469 e. The number of hydrogen-bond donors (Lipinski definition) is 0.